The molecule has 196 valence electrons. The van der Waals surface area contributed by atoms with E-state index in [0.717, 1.165) is 24.9 Å². The van der Waals surface area contributed by atoms with E-state index in [0.29, 0.717) is 29.9 Å². The number of aryl methyl sites for hydroxylation is 3. The number of rotatable bonds is 13. The molecular formula is C23H32N6O6S. The topological polar surface area (TPSA) is 175 Å². The van der Waals surface area contributed by atoms with Gasteiger partial charge in [0.15, 0.2) is 5.95 Å². The minimum atomic E-state index is -4.14. The van der Waals surface area contributed by atoms with Gasteiger partial charge in [0.05, 0.1) is 4.90 Å². The largest absolute Gasteiger partial charge is 0.480 e. The van der Waals surface area contributed by atoms with Crippen LogP contribution in [0.25, 0.3) is 0 Å². The molecule has 0 saturated carbocycles. The van der Waals surface area contributed by atoms with E-state index in [1.165, 1.54) is 0 Å². The highest BCUT2D eigenvalue weighted by Gasteiger charge is 2.30. The van der Waals surface area contributed by atoms with E-state index in [2.05, 4.69) is 30.5 Å². The van der Waals surface area contributed by atoms with Gasteiger partial charge in [-0.1, -0.05) is 22.9 Å². The van der Waals surface area contributed by atoms with Gasteiger partial charge in [-0.05, 0) is 51.2 Å². The number of aromatic amines is 1. The average Bonchev–Trinajstić information content (AvgIpc) is 3.47. The van der Waals surface area contributed by atoms with Crippen molar-refractivity contribution in [3.63, 3.8) is 0 Å². The molecule has 12 nitrogen and oxygen atoms in total. The van der Waals surface area contributed by atoms with Crippen molar-refractivity contribution in [2.45, 2.75) is 63.5 Å². The Kier molecular flexibility index (Phi) is 9.04. The molecule has 2 aromatic rings. The zero-order chi connectivity index (χ0) is 26.3. The Balaban J connectivity index is 1.46. The van der Waals surface area contributed by atoms with E-state index in [9.17, 15) is 23.1 Å². The number of unbranched alkanes of at least 4 members (excludes halogenated alkanes) is 1. The highest BCUT2D eigenvalue weighted by Crippen LogP contribution is 2.22. The third-order valence-electron chi connectivity index (χ3n) is 5.67. The standard InChI is InChI=1S/C23H32N6O6S/c1-14-10-15(2)20(16(3)11-14)36(33,34)29-19(22(31)32)13-27-21(30)18-12-17(35-28-18)6-4-5-7-24-23-25-8-9-26-23/h8-11,17,19,29H,4-7,12-13H2,1-3H3,(H,27,30)(H,31,32)(H2,24,25,26)/t17?,19-/m1/s1. The second kappa shape index (κ2) is 12.0. The highest BCUT2D eigenvalue weighted by molar-refractivity contribution is 7.89. The molecule has 2 heterocycles. The van der Waals surface area contributed by atoms with Crippen LogP contribution in [-0.2, 0) is 24.4 Å². The molecule has 1 aliphatic rings. The van der Waals surface area contributed by atoms with Gasteiger partial charge < -0.3 is 25.6 Å². The zero-order valence-corrected chi connectivity index (χ0v) is 21.3. The van der Waals surface area contributed by atoms with Gasteiger partial charge in [0.25, 0.3) is 5.91 Å². The molecule has 1 amide bonds. The third kappa shape index (κ3) is 7.28. The summed E-state index contributed by atoms with van der Waals surface area (Å²) in [4.78, 5) is 36.6. The van der Waals surface area contributed by atoms with Gasteiger partial charge in [0.1, 0.15) is 17.9 Å². The number of nitrogens with zero attached hydrogens (tertiary/aromatic N) is 2. The maximum absolute atomic E-state index is 12.9. The van der Waals surface area contributed by atoms with E-state index in [4.69, 9.17) is 4.84 Å². The van der Waals surface area contributed by atoms with Gasteiger partial charge in [0.2, 0.25) is 10.0 Å². The summed E-state index contributed by atoms with van der Waals surface area (Å²) >= 11 is 0. The van der Waals surface area contributed by atoms with Crippen LogP contribution in [0.4, 0.5) is 5.95 Å². The van der Waals surface area contributed by atoms with E-state index in [1.54, 1.807) is 38.4 Å². The molecule has 0 saturated heterocycles. The molecule has 1 aliphatic heterocycles. The minimum absolute atomic E-state index is 0.0291. The van der Waals surface area contributed by atoms with Crippen LogP contribution in [0.15, 0.2) is 34.6 Å². The van der Waals surface area contributed by atoms with Crippen LogP contribution in [0.1, 0.15) is 42.4 Å². The van der Waals surface area contributed by atoms with Crippen molar-refractivity contribution in [2.75, 3.05) is 18.4 Å². The second-order valence-corrected chi connectivity index (χ2v) is 10.4. The van der Waals surface area contributed by atoms with Crippen molar-refractivity contribution >= 4 is 33.6 Å². The fourth-order valence-corrected chi connectivity index (χ4v) is 5.74. The number of imidazole rings is 1. The van der Waals surface area contributed by atoms with Crippen LogP contribution in [0.2, 0.25) is 0 Å². The van der Waals surface area contributed by atoms with Crippen LogP contribution in [-0.4, -0.2) is 66.3 Å². The smallest absolute Gasteiger partial charge is 0.323 e. The van der Waals surface area contributed by atoms with E-state index in [-0.39, 0.29) is 16.7 Å². The van der Waals surface area contributed by atoms with Crippen LogP contribution in [0, 0.1) is 20.8 Å². The lowest BCUT2D eigenvalue weighted by Gasteiger charge is -2.18. The Bertz CT molecular complexity index is 1190. The normalized spacial score (nSPS) is 16.2. The summed E-state index contributed by atoms with van der Waals surface area (Å²) in [5.41, 5.74) is 2.06. The molecule has 36 heavy (non-hydrogen) atoms. The number of carboxylic acids is 1. The van der Waals surface area contributed by atoms with Crippen molar-refractivity contribution in [3.05, 3.63) is 41.2 Å². The number of carbonyl (C=O) groups excluding carboxylic acids is 1. The number of aliphatic carboxylic acids is 1. The molecule has 1 aromatic heterocycles. The highest BCUT2D eigenvalue weighted by atomic mass is 32.2. The van der Waals surface area contributed by atoms with Crippen molar-refractivity contribution in [2.24, 2.45) is 5.16 Å². The van der Waals surface area contributed by atoms with Crippen LogP contribution < -0.4 is 15.4 Å². The van der Waals surface area contributed by atoms with E-state index in [1.807, 2.05) is 6.92 Å². The lowest BCUT2D eigenvalue weighted by atomic mass is 10.1. The Morgan fingerprint density at radius 1 is 1.22 bits per heavy atom. The van der Waals surface area contributed by atoms with Gasteiger partial charge >= 0.3 is 5.97 Å². The number of carbonyl (C=O) groups is 2. The van der Waals surface area contributed by atoms with Gasteiger partial charge in [-0.2, -0.15) is 4.72 Å². The molecule has 0 radical (unpaired) electrons. The molecule has 13 heteroatoms. The molecule has 2 atom stereocenters. The summed E-state index contributed by atoms with van der Waals surface area (Å²) in [6, 6.07) is 1.87. The van der Waals surface area contributed by atoms with Gasteiger partial charge in [-0.3, -0.25) is 9.59 Å². The lowest BCUT2D eigenvalue weighted by Crippen LogP contribution is -2.49. The van der Waals surface area contributed by atoms with E-state index >= 15 is 0 Å². The SMILES string of the molecule is Cc1cc(C)c(S(=O)(=O)N[C@H](CNC(=O)C2=NOC(CCCCNc3ncc[nH]3)C2)C(=O)O)c(C)c1. The fourth-order valence-electron chi connectivity index (χ4n) is 4.10. The average molecular weight is 521 g/mol. The van der Waals surface area contributed by atoms with Gasteiger partial charge in [-0.15, -0.1) is 0 Å². The van der Waals surface area contributed by atoms with Crippen molar-refractivity contribution < 1.29 is 28.0 Å². The minimum Gasteiger partial charge on any atom is -0.480 e. The summed E-state index contributed by atoms with van der Waals surface area (Å²) in [5, 5.41) is 19.0. The number of anilines is 1. The Labute approximate surface area is 210 Å². The van der Waals surface area contributed by atoms with Crippen molar-refractivity contribution in [1.29, 1.82) is 0 Å². The number of benzene rings is 1. The van der Waals surface area contributed by atoms with Crippen LogP contribution >= 0.6 is 0 Å². The molecule has 0 bridgehead atoms. The number of carboxylic acid groups (broad SMARTS) is 1. The first-order valence-electron chi connectivity index (χ1n) is 11.6. The first-order chi connectivity index (χ1) is 17.1. The van der Waals surface area contributed by atoms with Crippen LogP contribution in [0.5, 0.6) is 0 Å². The summed E-state index contributed by atoms with van der Waals surface area (Å²) in [7, 11) is -4.14. The maximum Gasteiger partial charge on any atom is 0.323 e. The van der Waals surface area contributed by atoms with Gasteiger partial charge in [0, 0.05) is 31.9 Å². The molecule has 0 fully saturated rings. The third-order valence-corrected chi connectivity index (χ3v) is 7.45. The lowest BCUT2D eigenvalue weighted by molar-refractivity contribution is -0.138. The zero-order valence-electron chi connectivity index (χ0n) is 20.5. The summed E-state index contributed by atoms with van der Waals surface area (Å²) in [6.07, 6.45) is 5.88. The molecule has 3 rings (SSSR count). The first kappa shape index (κ1) is 27.1. The Morgan fingerprint density at radius 2 is 1.94 bits per heavy atom. The predicted octanol–water partition coefficient (Wildman–Crippen LogP) is 1.61. The number of nitrogens with one attached hydrogen (secondary N) is 4. The van der Waals surface area contributed by atoms with Crippen molar-refractivity contribution in [1.82, 2.24) is 20.0 Å². The Morgan fingerprint density at radius 3 is 2.58 bits per heavy atom. The van der Waals surface area contributed by atoms with Gasteiger partial charge in [-0.25, -0.2) is 13.4 Å². The summed E-state index contributed by atoms with van der Waals surface area (Å²) < 4.78 is 28.0. The summed E-state index contributed by atoms with van der Waals surface area (Å²) in [6.45, 7) is 5.44. The molecular weight excluding hydrogens is 488 g/mol. The number of hydrogen-bond acceptors (Lipinski definition) is 8. The number of aromatic nitrogens is 2. The molecule has 1 unspecified atom stereocenters. The summed E-state index contributed by atoms with van der Waals surface area (Å²) in [5.74, 6) is -1.29. The quantitative estimate of drug-likeness (QED) is 0.248. The number of oxime groups is 1. The molecule has 5 N–H and O–H groups in total. The number of sulfonamides is 1. The van der Waals surface area contributed by atoms with Crippen LogP contribution in [0.3, 0.4) is 0 Å². The fraction of sp³-hybridized carbons (Fsp3) is 0.478. The monoisotopic (exact) mass is 520 g/mol. The molecule has 0 spiro atoms. The molecule has 0 aliphatic carbocycles. The number of H-pyrrole nitrogens is 1. The number of hydrogen-bond donors (Lipinski definition) is 5. The molecule has 1 aromatic carbocycles. The number of amides is 1. The Hall–Kier alpha value is -3.45. The second-order valence-electron chi connectivity index (χ2n) is 8.78. The predicted molar refractivity (Wildman–Crippen MR) is 133 cm³/mol. The maximum atomic E-state index is 12.9. The van der Waals surface area contributed by atoms with Crippen molar-refractivity contribution in [3.8, 4) is 0 Å². The first-order valence-corrected chi connectivity index (χ1v) is 13.1. The van der Waals surface area contributed by atoms with E-state index < -0.39 is 34.5 Å².